The van der Waals surface area contributed by atoms with Gasteiger partial charge in [-0.2, -0.15) is 13.2 Å². The van der Waals surface area contributed by atoms with Gasteiger partial charge in [-0.05, 0) is 48.4 Å². The second-order valence-electron chi connectivity index (χ2n) is 4.66. The van der Waals surface area contributed by atoms with Crippen molar-refractivity contribution in [1.82, 2.24) is 0 Å². The highest BCUT2D eigenvalue weighted by Crippen LogP contribution is 2.32. The van der Waals surface area contributed by atoms with Crippen molar-refractivity contribution in [2.75, 3.05) is 5.32 Å². The lowest BCUT2D eigenvalue weighted by Gasteiger charge is -2.13. The van der Waals surface area contributed by atoms with Crippen LogP contribution in [0.5, 0.6) is 0 Å². The molecule has 0 bridgehead atoms. The van der Waals surface area contributed by atoms with E-state index >= 15 is 0 Å². The van der Waals surface area contributed by atoms with Gasteiger partial charge in [-0.25, -0.2) is 0 Å². The van der Waals surface area contributed by atoms with Crippen molar-refractivity contribution in [1.29, 1.82) is 0 Å². The highest BCUT2D eigenvalue weighted by molar-refractivity contribution is 6.34. The second kappa shape index (κ2) is 6.16. The minimum atomic E-state index is -4.36. The Bertz CT molecular complexity index is 634. The molecule has 0 amide bonds. The van der Waals surface area contributed by atoms with Crippen LogP contribution < -0.4 is 5.32 Å². The summed E-state index contributed by atoms with van der Waals surface area (Å²) in [6, 6.07) is 8.63. The number of rotatable bonds is 3. The molecule has 2 rings (SSSR count). The topological polar surface area (TPSA) is 12.0 Å². The van der Waals surface area contributed by atoms with Gasteiger partial charge >= 0.3 is 6.18 Å². The minimum Gasteiger partial charge on any atom is -0.381 e. The van der Waals surface area contributed by atoms with E-state index < -0.39 is 11.7 Å². The molecule has 0 radical (unpaired) electrons. The van der Waals surface area contributed by atoms with Gasteiger partial charge in [0.25, 0.3) is 0 Å². The van der Waals surface area contributed by atoms with Crippen LogP contribution in [0.3, 0.4) is 0 Å². The highest BCUT2D eigenvalue weighted by atomic mass is 35.5. The monoisotopic (exact) mass is 333 g/mol. The summed E-state index contributed by atoms with van der Waals surface area (Å²) in [7, 11) is 0. The molecular weight excluding hydrogens is 322 g/mol. The summed E-state index contributed by atoms with van der Waals surface area (Å²) in [5.74, 6) is 0. The molecule has 2 aromatic carbocycles. The van der Waals surface area contributed by atoms with Crippen molar-refractivity contribution in [2.24, 2.45) is 0 Å². The minimum absolute atomic E-state index is 0.336. The van der Waals surface area contributed by atoms with Crippen LogP contribution in [0.4, 0.5) is 18.9 Å². The van der Waals surface area contributed by atoms with Crippen LogP contribution in [0.2, 0.25) is 10.0 Å². The molecule has 0 aliphatic rings. The van der Waals surface area contributed by atoms with Gasteiger partial charge in [0.05, 0.1) is 5.56 Å². The van der Waals surface area contributed by atoms with Crippen molar-refractivity contribution in [2.45, 2.75) is 19.6 Å². The predicted octanol–water partition coefficient (Wildman–Crippen LogP) is 5.93. The number of benzene rings is 2. The standard InChI is InChI=1S/C15H12Cl2F3N/c1-9-2-3-11(15(18,19)20)6-14(9)21-8-10-4-12(16)7-13(17)5-10/h2-7,21H,8H2,1H3. The van der Waals surface area contributed by atoms with Gasteiger partial charge in [-0.15, -0.1) is 0 Å². The first-order valence-corrected chi connectivity index (χ1v) is 6.88. The van der Waals surface area contributed by atoms with E-state index in [0.717, 1.165) is 23.3 Å². The largest absolute Gasteiger partial charge is 0.416 e. The van der Waals surface area contributed by atoms with E-state index in [1.165, 1.54) is 6.07 Å². The van der Waals surface area contributed by atoms with Crippen LogP contribution in [0.25, 0.3) is 0 Å². The number of aryl methyl sites for hydroxylation is 1. The summed E-state index contributed by atoms with van der Waals surface area (Å²) in [6.45, 7) is 2.08. The summed E-state index contributed by atoms with van der Waals surface area (Å²) in [5, 5.41) is 3.95. The maximum absolute atomic E-state index is 12.7. The molecule has 0 saturated heterocycles. The lowest BCUT2D eigenvalue weighted by molar-refractivity contribution is -0.137. The average Bonchev–Trinajstić information content (AvgIpc) is 2.35. The van der Waals surface area contributed by atoms with Gasteiger partial charge in [-0.3, -0.25) is 0 Å². The van der Waals surface area contributed by atoms with E-state index in [2.05, 4.69) is 5.32 Å². The number of hydrogen-bond donors (Lipinski definition) is 1. The van der Waals surface area contributed by atoms with Crippen LogP contribution in [0, 0.1) is 6.92 Å². The van der Waals surface area contributed by atoms with E-state index in [1.54, 1.807) is 25.1 Å². The Labute approximate surface area is 130 Å². The zero-order valence-electron chi connectivity index (χ0n) is 11.1. The summed E-state index contributed by atoms with van der Waals surface area (Å²) >= 11 is 11.8. The van der Waals surface area contributed by atoms with Gasteiger partial charge in [0.2, 0.25) is 0 Å². The Morgan fingerprint density at radius 2 is 1.62 bits per heavy atom. The van der Waals surface area contributed by atoms with Gasteiger partial charge in [0.1, 0.15) is 0 Å². The second-order valence-corrected chi connectivity index (χ2v) is 5.53. The summed E-state index contributed by atoms with van der Waals surface area (Å²) in [6.07, 6.45) is -4.36. The molecule has 1 N–H and O–H groups in total. The van der Waals surface area contributed by atoms with Crippen LogP contribution >= 0.6 is 23.2 Å². The molecule has 21 heavy (non-hydrogen) atoms. The van der Waals surface area contributed by atoms with E-state index in [-0.39, 0.29) is 0 Å². The van der Waals surface area contributed by atoms with Crippen molar-refractivity contribution < 1.29 is 13.2 Å². The molecule has 0 heterocycles. The first-order chi connectivity index (χ1) is 9.75. The van der Waals surface area contributed by atoms with Gasteiger partial charge in [-0.1, -0.05) is 29.3 Å². The molecule has 2 aromatic rings. The Morgan fingerprint density at radius 3 is 2.19 bits per heavy atom. The molecule has 0 fully saturated rings. The van der Waals surface area contributed by atoms with Gasteiger partial charge in [0, 0.05) is 22.3 Å². The Hall–Kier alpha value is -1.39. The van der Waals surface area contributed by atoms with E-state index in [0.29, 0.717) is 22.3 Å². The van der Waals surface area contributed by atoms with E-state index in [4.69, 9.17) is 23.2 Å². The third-order valence-corrected chi connectivity index (χ3v) is 3.41. The lowest BCUT2D eigenvalue weighted by atomic mass is 10.1. The van der Waals surface area contributed by atoms with Crippen LogP contribution in [0.1, 0.15) is 16.7 Å². The maximum Gasteiger partial charge on any atom is 0.416 e. The molecule has 0 atom stereocenters. The Kier molecular flexibility index (Phi) is 4.69. The molecule has 0 aliphatic heterocycles. The fourth-order valence-electron chi connectivity index (χ4n) is 1.90. The number of hydrogen-bond acceptors (Lipinski definition) is 1. The quantitative estimate of drug-likeness (QED) is 0.733. The Morgan fingerprint density at radius 1 is 1.00 bits per heavy atom. The summed E-state index contributed by atoms with van der Waals surface area (Å²) < 4.78 is 38.1. The number of nitrogens with one attached hydrogen (secondary N) is 1. The third-order valence-electron chi connectivity index (χ3n) is 2.97. The van der Waals surface area contributed by atoms with Crippen LogP contribution in [-0.4, -0.2) is 0 Å². The summed E-state index contributed by atoms with van der Waals surface area (Å²) in [4.78, 5) is 0. The number of alkyl halides is 3. The highest BCUT2D eigenvalue weighted by Gasteiger charge is 2.30. The van der Waals surface area contributed by atoms with Crippen LogP contribution in [0.15, 0.2) is 36.4 Å². The van der Waals surface area contributed by atoms with E-state index in [9.17, 15) is 13.2 Å². The molecule has 112 valence electrons. The molecule has 0 saturated carbocycles. The lowest BCUT2D eigenvalue weighted by Crippen LogP contribution is -2.07. The molecule has 0 aromatic heterocycles. The SMILES string of the molecule is Cc1ccc(C(F)(F)F)cc1NCc1cc(Cl)cc(Cl)c1. The van der Waals surface area contributed by atoms with Crippen molar-refractivity contribution >= 4 is 28.9 Å². The number of anilines is 1. The molecule has 0 unspecified atom stereocenters. The van der Waals surface area contributed by atoms with E-state index in [1.807, 2.05) is 0 Å². The molecular formula is C15H12Cl2F3N. The first-order valence-electron chi connectivity index (χ1n) is 6.12. The zero-order valence-corrected chi connectivity index (χ0v) is 12.6. The van der Waals surface area contributed by atoms with Gasteiger partial charge < -0.3 is 5.32 Å². The molecule has 6 heteroatoms. The van der Waals surface area contributed by atoms with Crippen molar-refractivity contribution in [3.63, 3.8) is 0 Å². The van der Waals surface area contributed by atoms with Gasteiger partial charge in [0.15, 0.2) is 0 Å². The molecule has 0 aliphatic carbocycles. The van der Waals surface area contributed by atoms with Crippen molar-refractivity contribution in [3.8, 4) is 0 Å². The molecule has 0 spiro atoms. The fraction of sp³-hybridized carbons (Fsp3) is 0.200. The number of halogens is 5. The third kappa shape index (κ3) is 4.29. The van der Waals surface area contributed by atoms with Crippen LogP contribution in [-0.2, 0) is 12.7 Å². The van der Waals surface area contributed by atoms with Crippen molar-refractivity contribution in [3.05, 3.63) is 63.1 Å². The normalized spacial score (nSPS) is 11.5. The predicted molar refractivity (Wildman–Crippen MR) is 80.0 cm³/mol. The Balaban J connectivity index is 2.19. The first kappa shape index (κ1) is 16.0. The summed E-state index contributed by atoms with van der Waals surface area (Å²) in [5.41, 5.74) is 1.28. The zero-order chi connectivity index (χ0) is 15.6. The molecule has 1 nitrogen and oxygen atoms in total. The fourth-order valence-corrected chi connectivity index (χ4v) is 2.47. The maximum atomic E-state index is 12.7. The smallest absolute Gasteiger partial charge is 0.381 e. The average molecular weight is 334 g/mol.